The molecule has 0 aliphatic carbocycles. The molecule has 0 radical (unpaired) electrons. The maximum atomic E-state index is 6.25. The van der Waals surface area contributed by atoms with Gasteiger partial charge in [0.2, 0.25) is 5.95 Å². The summed E-state index contributed by atoms with van der Waals surface area (Å²) >= 11 is 9.65. The van der Waals surface area contributed by atoms with Crippen LogP contribution in [0.25, 0.3) is 5.69 Å². The predicted octanol–water partition coefficient (Wildman–Crippen LogP) is 3.74. The highest BCUT2D eigenvalue weighted by Gasteiger charge is 2.08. The summed E-state index contributed by atoms with van der Waals surface area (Å²) in [5.41, 5.74) is 0.900. The molecular formula is C13H15BrClN3O. The van der Waals surface area contributed by atoms with Gasteiger partial charge in [-0.25, -0.2) is 4.98 Å². The van der Waals surface area contributed by atoms with Gasteiger partial charge in [0, 0.05) is 37.1 Å². The molecule has 2 rings (SSSR count). The normalized spacial score (nSPS) is 10.7. The first kappa shape index (κ1) is 14.4. The lowest BCUT2D eigenvalue weighted by Crippen LogP contribution is -2.09. The zero-order valence-corrected chi connectivity index (χ0v) is 12.9. The number of hydrogen-bond donors (Lipinski definition) is 1. The van der Waals surface area contributed by atoms with E-state index >= 15 is 0 Å². The van der Waals surface area contributed by atoms with Gasteiger partial charge in [0.05, 0.1) is 10.7 Å². The Bertz CT molecular complexity index is 544. The van der Waals surface area contributed by atoms with E-state index in [2.05, 4.69) is 26.2 Å². The van der Waals surface area contributed by atoms with E-state index in [1.54, 1.807) is 13.3 Å². The van der Waals surface area contributed by atoms with Crippen molar-refractivity contribution < 1.29 is 4.74 Å². The van der Waals surface area contributed by atoms with Gasteiger partial charge >= 0.3 is 0 Å². The number of anilines is 1. The molecule has 1 aromatic heterocycles. The van der Waals surface area contributed by atoms with Gasteiger partial charge in [-0.1, -0.05) is 27.5 Å². The third-order valence-electron chi connectivity index (χ3n) is 2.62. The molecule has 19 heavy (non-hydrogen) atoms. The number of halogens is 2. The van der Waals surface area contributed by atoms with Gasteiger partial charge in [-0.2, -0.15) is 0 Å². The van der Waals surface area contributed by atoms with E-state index in [1.165, 1.54) is 0 Å². The first-order chi connectivity index (χ1) is 9.22. The van der Waals surface area contributed by atoms with Gasteiger partial charge in [-0.15, -0.1) is 0 Å². The van der Waals surface area contributed by atoms with E-state index < -0.39 is 0 Å². The number of nitrogens with one attached hydrogen (secondary N) is 1. The zero-order chi connectivity index (χ0) is 13.7. The summed E-state index contributed by atoms with van der Waals surface area (Å²) in [5.74, 6) is 0.778. The predicted molar refractivity (Wildman–Crippen MR) is 81.3 cm³/mol. The maximum absolute atomic E-state index is 6.25. The lowest BCUT2D eigenvalue weighted by Gasteiger charge is -2.11. The van der Waals surface area contributed by atoms with E-state index in [1.807, 2.05) is 29.0 Å². The Hall–Kier alpha value is -1.04. The standard InChI is InChI=1S/C13H15BrClN3O/c1-19-8-2-5-16-13-17-6-7-18(13)12-4-3-10(14)9-11(12)15/h3-4,6-7,9H,2,5,8H2,1H3,(H,16,17). The van der Waals surface area contributed by atoms with Crippen molar-refractivity contribution in [2.24, 2.45) is 0 Å². The van der Waals surface area contributed by atoms with E-state index in [0.717, 1.165) is 35.7 Å². The number of rotatable bonds is 6. The highest BCUT2D eigenvalue weighted by atomic mass is 79.9. The van der Waals surface area contributed by atoms with Crippen LogP contribution in [0.15, 0.2) is 35.1 Å². The molecule has 0 saturated heterocycles. The van der Waals surface area contributed by atoms with Crippen molar-refractivity contribution >= 4 is 33.5 Å². The van der Waals surface area contributed by atoms with Gasteiger partial charge in [0.15, 0.2) is 0 Å². The van der Waals surface area contributed by atoms with Crippen LogP contribution < -0.4 is 5.32 Å². The van der Waals surface area contributed by atoms with E-state index in [9.17, 15) is 0 Å². The molecule has 0 amide bonds. The summed E-state index contributed by atoms with van der Waals surface area (Å²) in [6, 6.07) is 5.77. The summed E-state index contributed by atoms with van der Waals surface area (Å²) in [7, 11) is 1.70. The third-order valence-corrected chi connectivity index (χ3v) is 3.41. The second-order valence-electron chi connectivity index (χ2n) is 3.99. The Morgan fingerprint density at radius 2 is 2.32 bits per heavy atom. The van der Waals surface area contributed by atoms with Crippen LogP contribution in [0.2, 0.25) is 5.02 Å². The lowest BCUT2D eigenvalue weighted by molar-refractivity contribution is 0.197. The number of ether oxygens (including phenoxy) is 1. The largest absolute Gasteiger partial charge is 0.385 e. The average molecular weight is 345 g/mol. The first-order valence-corrected chi connectivity index (χ1v) is 7.11. The summed E-state index contributed by atoms with van der Waals surface area (Å²) in [4.78, 5) is 4.29. The molecule has 0 saturated carbocycles. The van der Waals surface area contributed by atoms with Crippen LogP contribution in [0.4, 0.5) is 5.95 Å². The number of benzene rings is 1. The minimum absolute atomic E-state index is 0.673. The van der Waals surface area contributed by atoms with Gasteiger partial charge < -0.3 is 10.1 Å². The van der Waals surface area contributed by atoms with Crippen LogP contribution in [0, 0.1) is 0 Å². The molecule has 1 heterocycles. The number of methoxy groups -OCH3 is 1. The van der Waals surface area contributed by atoms with Crippen LogP contribution >= 0.6 is 27.5 Å². The molecule has 0 atom stereocenters. The Labute approximate surface area is 125 Å². The molecule has 102 valence electrons. The van der Waals surface area contributed by atoms with Crippen molar-refractivity contribution in [3.05, 3.63) is 40.1 Å². The third kappa shape index (κ3) is 3.72. The van der Waals surface area contributed by atoms with Crippen molar-refractivity contribution in [3.8, 4) is 5.69 Å². The van der Waals surface area contributed by atoms with E-state index in [-0.39, 0.29) is 0 Å². The molecule has 4 nitrogen and oxygen atoms in total. The minimum atomic E-state index is 0.673. The molecular weight excluding hydrogens is 330 g/mol. The Kier molecular flexibility index (Phi) is 5.24. The fourth-order valence-electron chi connectivity index (χ4n) is 1.72. The average Bonchev–Trinajstić information content (AvgIpc) is 2.83. The number of nitrogens with zero attached hydrogens (tertiary/aromatic N) is 2. The maximum Gasteiger partial charge on any atom is 0.207 e. The highest BCUT2D eigenvalue weighted by Crippen LogP contribution is 2.26. The van der Waals surface area contributed by atoms with Crippen molar-refractivity contribution in [2.45, 2.75) is 6.42 Å². The summed E-state index contributed by atoms with van der Waals surface area (Å²) in [6.45, 7) is 1.53. The summed E-state index contributed by atoms with van der Waals surface area (Å²) < 4.78 is 7.90. The second kappa shape index (κ2) is 6.93. The second-order valence-corrected chi connectivity index (χ2v) is 5.31. The number of aromatic nitrogens is 2. The van der Waals surface area contributed by atoms with Gasteiger partial charge in [0.1, 0.15) is 0 Å². The zero-order valence-electron chi connectivity index (χ0n) is 10.6. The van der Waals surface area contributed by atoms with Gasteiger partial charge in [-0.3, -0.25) is 4.57 Å². The Balaban J connectivity index is 2.14. The van der Waals surface area contributed by atoms with Crippen molar-refractivity contribution in [3.63, 3.8) is 0 Å². The van der Waals surface area contributed by atoms with Crippen molar-refractivity contribution in [1.29, 1.82) is 0 Å². The molecule has 0 unspecified atom stereocenters. The molecule has 0 aliphatic rings. The molecule has 1 aromatic carbocycles. The van der Waals surface area contributed by atoms with Crippen LogP contribution in [0.1, 0.15) is 6.42 Å². The number of hydrogen-bond acceptors (Lipinski definition) is 3. The van der Waals surface area contributed by atoms with E-state index in [0.29, 0.717) is 5.02 Å². The molecule has 0 bridgehead atoms. The molecule has 0 aliphatic heterocycles. The van der Waals surface area contributed by atoms with E-state index in [4.69, 9.17) is 16.3 Å². The minimum Gasteiger partial charge on any atom is -0.385 e. The molecule has 1 N–H and O–H groups in total. The quantitative estimate of drug-likeness (QED) is 0.812. The van der Waals surface area contributed by atoms with Crippen molar-refractivity contribution in [2.75, 3.05) is 25.6 Å². The van der Waals surface area contributed by atoms with Crippen LogP contribution in [-0.4, -0.2) is 29.8 Å². The molecule has 2 aromatic rings. The lowest BCUT2D eigenvalue weighted by atomic mass is 10.3. The van der Waals surface area contributed by atoms with Gasteiger partial charge in [0.25, 0.3) is 0 Å². The SMILES string of the molecule is COCCCNc1nccn1-c1ccc(Br)cc1Cl. The summed E-state index contributed by atoms with van der Waals surface area (Å²) in [5, 5.41) is 3.94. The topological polar surface area (TPSA) is 39.1 Å². The first-order valence-electron chi connectivity index (χ1n) is 5.94. The smallest absolute Gasteiger partial charge is 0.207 e. The summed E-state index contributed by atoms with van der Waals surface area (Å²) in [6.07, 6.45) is 4.56. The van der Waals surface area contributed by atoms with Crippen LogP contribution in [0.5, 0.6) is 0 Å². The number of imidazole rings is 1. The molecule has 0 spiro atoms. The van der Waals surface area contributed by atoms with Crippen molar-refractivity contribution in [1.82, 2.24) is 9.55 Å². The molecule has 0 fully saturated rings. The monoisotopic (exact) mass is 343 g/mol. The fourth-order valence-corrected chi connectivity index (χ4v) is 2.49. The fraction of sp³-hybridized carbons (Fsp3) is 0.308. The molecule has 6 heteroatoms. The highest BCUT2D eigenvalue weighted by molar-refractivity contribution is 9.10. The Morgan fingerprint density at radius 3 is 3.05 bits per heavy atom. The Morgan fingerprint density at radius 1 is 1.47 bits per heavy atom. The van der Waals surface area contributed by atoms with Crippen LogP contribution in [-0.2, 0) is 4.74 Å². The van der Waals surface area contributed by atoms with Crippen LogP contribution in [0.3, 0.4) is 0 Å². The van der Waals surface area contributed by atoms with Gasteiger partial charge in [-0.05, 0) is 24.6 Å².